The number of carbonyl (C=O) groups is 1. The topological polar surface area (TPSA) is 87.1 Å². The van der Waals surface area contributed by atoms with Crippen molar-refractivity contribution < 1.29 is 9.90 Å². The summed E-state index contributed by atoms with van der Waals surface area (Å²) in [6.45, 7) is 4.11. The Hall–Kier alpha value is -2.86. The second-order valence-electron chi connectivity index (χ2n) is 7.00. The molecule has 0 fully saturated rings. The average molecular weight is 367 g/mol. The predicted octanol–water partition coefficient (Wildman–Crippen LogP) is 2.69. The van der Waals surface area contributed by atoms with E-state index in [0.29, 0.717) is 23.2 Å². The molecule has 1 atom stereocenters. The number of hydrogen-bond donors (Lipinski definition) is 3. The van der Waals surface area contributed by atoms with Crippen LogP contribution in [0, 0.1) is 0 Å². The van der Waals surface area contributed by atoms with Gasteiger partial charge in [0.15, 0.2) is 0 Å². The zero-order valence-electron chi connectivity index (χ0n) is 15.6. The number of benzene rings is 2. The number of para-hydroxylation sites is 1. The molecule has 0 saturated heterocycles. The van der Waals surface area contributed by atoms with Gasteiger partial charge in [0.2, 0.25) is 5.91 Å². The number of amides is 1. The van der Waals surface area contributed by atoms with Gasteiger partial charge in [0, 0.05) is 6.61 Å². The highest BCUT2D eigenvalue weighted by Gasteiger charge is 2.16. The lowest BCUT2D eigenvalue weighted by Crippen LogP contribution is -2.34. The highest BCUT2D eigenvalue weighted by Crippen LogP contribution is 2.21. The summed E-state index contributed by atoms with van der Waals surface area (Å²) in [5.41, 5.74) is 2.63. The molecule has 3 N–H and O–H groups in total. The van der Waals surface area contributed by atoms with Crippen LogP contribution in [0.15, 0.2) is 53.3 Å². The van der Waals surface area contributed by atoms with Gasteiger partial charge >= 0.3 is 0 Å². The van der Waals surface area contributed by atoms with E-state index in [0.717, 1.165) is 5.56 Å². The monoisotopic (exact) mass is 367 g/mol. The SMILES string of the molecule is CC(C)c1ccc(C(CCO)NC(=O)Cn2[nH]c3ccccc3c2=O)cc1. The largest absolute Gasteiger partial charge is 0.396 e. The van der Waals surface area contributed by atoms with E-state index in [4.69, 9.17) is 0 Å². The van der Waals surface area contributed by atoms with Crippen LogP contribution >= 0.6 is 0 Å². The van der Waals surface area contributed by atoms with E-state index in [2.05, 4.69) is 24.3 Å². The Morgan fingerprint density at radius 1 is 1.11 bits per heavy atom. The van der Waals surface area contributed by atoms with Crippen molar-refractivity contribution in [2.45, 2.75) is 38.8 Å². The molecule has 0 aliphatic heterocycles. The van der Waals surface area contributed by atoms with Crippen LogP contribution in [0.25, 0.3) is 10.9 Å². The molecule has 142 valence electrons. The Morgan fingerprint density at radius 3 is 2.41 bits per heavy atom. The van der Waals surface area contributed by atoms with Gasteiger partial charge in [-0.3, -0.25) is 14.7 Å². The molecule has 3 aromatic rings. The molecule has 0 bridgehead atoms. The first-order valence-electron chi connectivity index (χ1n) is 9.17. The molecule has 1 aromatic heterocycles. The van der Waals surface area contributed by atoms with E-state index in [1.807, 2.05) is 30.3 Å². The maximum Gasteiger partial charge on any atom is 0.274 e. The third-order valence-corrected chi connectivity index (χ3v) is 4.72. The van der Waals surface area contributed by atoms with Crippen molar-refractivity contribution in [1.82, 2.24) is 15.1 Å². The molecule has 0 spiro atoms. The van der Waals surface area contributed by atoms with Crippen molar-refractivity contribution in [3.63, 3.8) is 0 Å². The molecule has 0 aliphatic rings. The standard InChI is InChI=1S/C21H25N3O3/c1-14(2)15-7-9-16(10-8-15)18(11-12-25)22-20(26)13-24-21(27)17-5-3-4-6-19(17)23-24/h3-10,14,18,23,25H,11-13H2,1-2H3,(H,22,26). The number of nitrogens with zero attached hydrogens (tertiary/aromatic N) is 1. The molecule has 1 unspecified atom stereocenters. The maximum absolute atomic E-state index is 12.5. The minimum atomic E-state index is -0.302. The molecular weight excluding hydrogens is 342 g/mol. The van der Waals surface area contributed by atoms with Crippen molar-refractivity contribution in [3.8, 4) is 0 Å². The molecule has 3 rings (SSSR count). The summed E-state index contributed by atoms with van der Waals surface area (Å²) in [7, 11) is 0. The number of H-pyrrole nitrogens is 1. The summed E-state index contributed by atoms with van der Waals surface area (Å²) in [5.74, 6) is 0.147. The average Bonchev–Trinajstić information content (AvgIpc) is 2.97. The van der Waals surface area contributed by atoms with Gasteiger partial charge in [0.05, 0.1) is 16.9 Å². The number of hydrogen-bond acceptors (Lipinski definition) is 3. The van der Waals surface area contributed by atoms with Crippen molar-refractivity contribution in [2.24, 2.45) is 0 Å². The number of rotatable bonds is 7. The van der Waals surface area contributed by atoms with Crippen LogP contribution in [-0.2, 0) is 11.3 Å². The van der Waals surface area contributed by atoms with Gasteiger partial charge in [-0.15, -0.1) is 0 Å². The Balaban J connectivity index is 1.74. The number of carbonyl (C=O) groups excluding carboxylic acids is 1. The lowest BCUT2D eigenvalue weighted by Gasteiger charge is -2.19. The minimum absolute atomic E-state index is 0.0385. The molecule has 0 aliphatic carbocycles. The Kier molecular flexibility index (Phi) is 5.76. The van der Waals surface area contributed by atoms with Crippen molar-refractivity contribution >= 4 is 16.8 Å². The molecule has 1 amide bonds. The third-order valence-electron chi connectivity index (χ3n) is 4.72. The first-order chi connectivity index (χ1) is 13.0. The van der Waals surface area contributed by atoms with E-state index < -0.39 is 0 Å². The number of aliphatic hydroxyl groups excluding tert-OH is 1. The van der Waals surface area contributed by atoms with Gasteiger partial charge in [-0.2, -0.15) is 0 Å². The van der Waals surface area contributed by atoms with Gasteiger partial charge in [0.25, 0.3) is 5.56 Å². The molecule has 6 nitrogen and oxygen atoms in total. The van der Waals surface area contributed by atoms with Gasteiger partial charge in [-0.1, -0.05) is 50.2 Å². The molecular formula is C21H25N3O3. The van der Waals surface area contributed by atoms with Crippen molar-refractivity contribution in [2.75, 3.05) is 6.61 Å². The van der Waals surface area contributed by atoms with Crippen molar-refractivity contribution in [3.05, 3.63) is 70.0 Å². The summed E-state index contributed by atoms with van der Waals surface area (Å²) in [6, 6.07) is 14.9. The van der Waals surface area contributed by atoms with E-state index in [1.54, 1.807) is 18.2 Å². The van der Waals surface area contributed by atoms with Gasteiger partial charge in [-0.05, 0) is 35.6 Å². The normalized spacial score (nSPS) is 12.4. The Labute approximate surface area is 157 Å². The van der Waals surface area contributed by atoms with Crippen LogP contribution < -0.4 is 10.9 Å². The van der Waals surface area contributed by atoms with Crippen LogP contribution in [-0.4, -0.2) is 27.4 Å². The minimum Gasteiger partial charge on any atom is -0.396 e. The predicted molar refractivity (Wildman–Crippen MR) is 106 cm³/mol. The zero-order chi connectivity index (χ0) is 19.4. The number of aromatic amines is 1. The first-order valence-corrected chi connectivity index (χ1v) is 9.17. The quantitative estimate of drug-likeness (QED) is 0.600. The highest BCUT2D eigenvalue weighted by atomic mass is 16.3. The number of aromatic nitrogens is 2. The lowest BCUT2D eigenvalue weighted by molar-refractivity contribution is -0.122. The van der Waals surface area contributed by atoms with Crippen LogP contribution in [0.3, 0.4) is 0 Å². The fraction of sp³-hybridized carbons (Fsp3) is 0.333. The first kappa shape index (κ1) is 18.9. The fourth-order valence-corrected chi connectivity index (χ4v) is 3.17. The lowest BCUT2D eigenvalue weighted by atomic mass is 9.98. The van der Waals surface area contributed by atoms with E-state index in [1.165, 1.54) is 10.2 Å². The number of nitrogens with one attached hydrogen (secondary N) is 2. The van der Waals surface area contributed by atoms with Crippen LogP contribution in [0.2, 0.25) is 0 Å². The number of fused-ring (bicyclic) bond motifs is 1. The van der Waals surface area contributed by atoms with E-state index in [-0.39, 0.29) is 30.7 Å². The highest BCUT2D eigenvalue weighted by molar-refractivity contribution is 5.79. The van der Waals surface area contributed by atoms with E-state index in [9.17, 15) is 14.7 Å². The van der Waals surface area contributed by atoms with Crippen LogP contribution in [0.1, 0.15) is 43.4 Å². The maximum atomic E-state index is 12.5. The zero-order valence-corrected chi connectivity index (χ0v) is 15.6. The molecule has 6 heteroatoms. The van der Waals surface area contributed by atoms with Gasteiger partial charge in [-0.25, -0.2) is 4.68 Å². The molecule has 2 aromatic carbocycles. The van der Waals surface area contributed by atoms with Crippen LogP contribution in [0.4, 0.5) is 0 Å². The molecule has 0 saturated carbocycles. The van der Waals surface area contributed by atoms with Gasteiger partial charge in [0.1, 0.15) is 6.54 Å². The van der Waals surface area contributed by atoms with Crippen molar-refractivity contribution in [1.29, 1.82) is 0 Å². The summed E-state index contributed by atoms with van der Waals surface area (Å²) in [5, 5.41) is 15.8. The second-order valence-corrected chi connectivity index (χ2v) is 7.00. The second kappa shape index (κ2) is 8.22. The van der Waals surface area contributed by atoms with E-state index >= 15 is 0 Å². The molecule has 0 radical (unpaired) electrons. The summed E-state index contributed by atoms with van der Waals surface area (Å²) in [6.07, 6.45) is 0.411. The summed E-state index contributed by atoms with van der Waals surface area (Å²) >= 11 is 0. The Bertz CT molecular complexity index is 970. The summed E-state index contributed by atoms with van der Waals surface area (Å²) < 4.78 is 1.30. The van der Waals surface area contributed by atoms with Crippen LogP contribution in [0.5, 0.6) is 0 Å². The smallest absolute Gasteiger partial charge is 0.274 e. The van der Waals surface area contributed by atoms with Gasteiger partial charge < -0.3 is 10.4 Å². The number of aliphatic hydroxyl groups is 1. The molecule has 27 heavy (non-hydrogen) atoms. The third kappa shape index (κ3) is 4.28. The Morgan fingerprint density at radius 2 is 1.78 bits per heavy atom. The summed E-state index contributed by atoms with van der Waals surface area (Å²) in [4.78, 5) is 24.9. The molecule has 1 heterocycles. The fourth-order valence-electron chi connectivity index (χ4n) is 3.17.